The van der Waals surface area contributed by atoms with Gasteiger partial charge in [0.25, 0.3) is 0 Å². The molecule has 1 saturated heterocycles. The molecule has 2 nitrogen and oxygen atoms in total. The van der Waals surface area contributed by atoms with Crippen LogP contribution in [-0.2, 0) is 4.74 Å². The second kappa shape index (κ2) is 3.37. The van der Waals surface area contributed by atoms with Crippen LogP contribution in [0.4, 0.5) is 0 Å². The molecular formula is C9H16O2. The quantitative estimate of drug-likeness (QED) is 0.630. The molecule has 1 aliphatic heterocycles. The topological polar surface area (TPSA) is 29.5 Å². The minimum atomic E-state index is -0.578. The Kier molecular flexibility index (Phi) is 2.68. The van der Waals surface area contributed by atoms with Crippen molar-refractivity contribution in [1.29, 1.82) is 0 Å². The summed E-state index contributed by atoms with van der Waals surface area (Å²) < 4.78 is 5.12. The van der Waals surface area contributed by atoms with Gasteiger partial charge in [-0.1, -0.05) is 13.0 Å². The summed E-state index contributed by atoms with van der Waals surface area (Å²) in [6.45, 7) is 6.45. The van der Waals surface area contributed by atoms with Crippen LogP contribution in [0, 0.1) is 5.41 Å². The third kappa shape index (κ3) is 1.47. The fourth-order valence-electron chi connectivity index (χ4n) is 1.66. The molecule has 2 heteroatoms. The van der Waals surface area contributed by atoms with Crippen LogP contribution >= 0.6 is 0 Å². The van der Waals surface area contributed by atoms with Gasteiger partial charge in [0.05, 0.1) is 6.61 Å². The van der Waals surface area contributed by atoms with E-state index in [0.717, 1.165) is 19.3 Å². The normalized spacial score (nSPS) is 37.5. The molecule has 0 saturated carbocycles. The molecule has 0 bridgehead atoms. The number of hydrogen-bond acceptors (Lipinski definition) is 2. The lowest BCUT2D eigenvalue weighted by Crippen LogP contribution is -2.29. The molecule has 0 amide bonds. The first-order valence-corrected chi connectivity index (χ1v) is 4.16. The lowest BCUT2D eigenvalue weighted by atomic mass is 9.80. The smallest absolute Gasteiger partial charge is 0.160 e. The highest BCUT2D eigenvalue weighted by atomic mass is 16.6. The monoisotopic (exact) mass is 156 g/mol. The Morgan fingerprint density at radius 1 is 1.82 bits per heavy atom. The number of aliphatic hydroxyl groups excluding tert-OH is 1. The molecule has 1 heterocycles. The number of hydrogen-bond donors (Lipinski definition) is 1. The van der Waals surface area contributed by atoms with E-state index in [2.05, 4.69) is 13.5 Å². The summed E-state index contributed by atoms with van der Waals surface area (Å²) in [6.07, 6.45) is 4.05. The molecule has 0 aromatic rings. The summed E-state index contributed by atoms with van der Waals surface area (Å²) in [5, 5.41) is 9.50. The van der Waals surface area contributed by atoms with Crippen LogP contribution in [-0.4, -0.2) is 18.0 Å². The first kappa shape index (κ1) is 8.75. The van der Waals surface area contributed by atoms with Crippen LogP contribution in [0.2, 0.25) is 0 Å². The van der Waals surface area contributed by atoms with Crippen LogP contribution in [0.25, 0.3) is 0 Å². The maximum Gasteiger partial charge on any atom is 0.160 e. The number of allylic oxidation sites excluding steroid dienone is 1. The van der Waals surface area contributed by atoms with Gasteiger partial charge in [0, 0.05) is 5.41 Å². The third-order valence-electron chi connectivity index (χ3n) is 2.65. The van der Waals surface area contributed by atoms with Crippen molar-refractivity contribution in [1.82, 2.24) is 0 Å². The summed E-state index contributed by atoms with van der Waals surface area (Å²) in [5.41, 5.74) is -0.0399. The maximum absolute atomic E-state index is 9.50. The predicted molar refractivity (Wildman–Crippen MR) is 44.1 cm³/mol. The van der Waals surface area contributed by atoms with Crippen molar-refractivity contribution in [2.24, 2.45) is 5.41 Å². The Balaban J connectivity index is 2.64. The van der Waals surface area contributed by atoms with Gasteiger partial charge in [0.15, 0.2) is 6.29 Å². The third-order valence-corrected chi connectivity index (χ3v) is 2.65. The van der Waals surface area contributed by atoms with E-state index in [1.807, 2.05) is 6.08 Å². The zero-order chi connectivity index (χ0) is 8.32. The molecule has 0 aromatic carbocycles. The summed E-state index contributed by atoms with van der Waals surface area (Å²) in [5.74, 6) is 0. The second-order valence-electron chi connectivity index (χ2n) is 3.18. The van der Waals surface area contributed by atoms with E-state index in [1.54, 1.807) is 0 Å². The van der Waals surface area contributed by atoms with Crippen LogP contribution in [0.15, 0.2) is 12.7 Å². The highest BCUT2D eigenvalue weighted by Gasteiger charge is 2.40. The number of ether oxygens (including phenoxy) is 1. The van der Waals surface area contributed by atoms with E-state index in [-0.39, 0.29) is 5.41 Å². The maximum atomic E-state index is 9.50. The zero-order valence-electron chi connectivity index (χ0n) is 7.05. The summed E-state index contributed by atoms with van der Waals surface area (Å²) in [6, 6.07) is 0. The van der Waals surface area contributed by atoms with E-state index in [4.69, 9.17) is 4.74 Å². The Bertz CT molecular complexity index is 144. The molecule has 2 unspecified atom stereocenters. The number of aliphatic hydroxyl groups is 1. The van der Waals surface area contributed by atoms with Gasteiger partial charge in [-0.2, -0.15) is 0 Å². The van der Waals surface area contributed by atoms with Gasteiger partial charge in [-0.15, -0.1) is 6.58 Å². The van der Waals surface area contributed by atoms with Crippen LogP contribution in [0.1, 0.15) is 26.2 Å². The highest BCUT2D eigenvalue weighted by molar-refractivity contribution is 4.90. The largest absolute Gasteiger partial charge is 0.367 e. The van der Waals surface area contributed by atoms with Gasteiger partial charge in [-0.05, 0) is 19.3 Å². The van der Waals surface area contributed by atoms with E-state index >= 15 is 0 Å². The van der Waals surface area contributed by atoms with Crippen molar-refractivity contribution in [2.45, 2.75) is 32.5 Å². The summed E-state index contributed by atoms with van der Waals surface area (Å²) in [4.78, 5) is 0. The van der Waals surface area contributed by atoms with E-state index < -0.39 is 6.29 Å². The summed E-state index contributed by atoms with van der Waals surface area (Å²) >= 11 is 0. The van der Waals surface area contributed by atoms with Gasteiger partial charge < -0.3 is 9.84 Å². The van der Waals surface area contributed by atoms with Gasteiger partial charge in [0.2, 0.25) is 0 Å². The average Bonchev–Trinajstić information content (AvgIpc) is 2.35. The average molecular weight is 156 g/mol. The van der Waals surface area contributed by atoms with Crippen molar-refractivity contribution in [3.63, 3.8) is 0 Å². The molecule has 0 spiro atoms. The van der Waals surface area contributed by atoms with E-state index in [9.17, 15) is 5.11 Å². The Labute approximate surface area is 67.9 Å². The molecule has 1 aliphatic rings. The fraction of sp³-hybridized carbons (Fsp3) is 0.778. The lowest BCUT2D eigenvalue weighted by molar-refractivity contribution is -0.118. The SMILES string of the molecule is C=CCC1(CC)CCOC1O. The second-order valence-corrected chi connectivity index (χ2v) is 3.18. The molecule has 64 valence electrons. The van der Waals surface area contributed by atoms with Crippen molar-refractivity contribution < 1.29 is 9.84 Å². The van der Waals surface area contributed by atoms with Gasteiger partial charge in [0.1, 0.15) is 0 Å². The first-order chi connectivity index (χ1) is 5.25. The van der Waals surface area contributed by atoms with Crippen molar-refractivity contribution >= 4 is 0 Å². The predicted octanol–water partition coefficient (Wildman–Crippen LogP) is 1.70. The molecule has 2 atom stereocenters. The van der Waals surface area contributed by atoms with Crippen molar-refractivity contribution in [2.75, 3.05) is 6.61 Å². The van der Waals surface area contributed by atoms with Gasteiger partial charge >= 0.3 is 0 Å². The zero-order valence-corrected chi connectivity index (χ0v) is 7.05. The Morgan fingerprint density at radius 2 is 2.55 bits per heavy atom. The molecule has 1 fully saturated rings. The van der Waals surface area contributed by atoms with Crippen LogP contribution in [0.3, 0.4) is 0 Å². The van der Waals surface area contributed by atoms with E-state index in [1.165, 1.54) is 0 Å². The molecule has 1 N–H and O–H groups in total. The molecule has 0 aliphatic carbocycles. The molecule has 0 aromatic heterocycles. The standard InChI is InChI=1S/C9H16O2/c1-3-5-9(4-2)6-7-11-8(9)10/h3,8,10H,1,4-7H2,2H3. The number of rotatable bonds is 3. The van der Waals surface area contributed by atoms with E-state index in [0.29, 0.717) is 6.61 Å². The van der Waals surface area contributed by atoms with Gasteiger partial charge in [-0.3, -0.25) is 0 Å². The summed E-state index contributed by atoms with van der Waals surface area (Å²) in [7, 11) is 0. The van der Waals surface area contributed by atoms with Crippen molar-refractivity contribution in [3.05, 3.63) is 12.7 Å². The van der Waals surface area contributed by atoms with Crippen LogP contribution in [0.5, 0.6) is 0 Å². The molecule has 1 rings (SSSR count). The lowest BCUT2D eigenvalue weighted by Gasteiger charge is -2.27. The fourth-order valence-corrected chi connectivity index (χ4v) is 1.66. The first-order valence-electron chi connectivity index (χ1n) is 4.16. The molecular weight excluding hydrogens is 140 g/mol. The van der Waals surface area contributed by atoms with Crippen molar-refractivity contribution in [3.8, 4) is 0 Å². The molecule has 0 radical (unpaired) electrons. The highest BCUT2D eigenvalue weighted by Crippen LogP contribution is 2.40. The Morgan fingerprint density at radius 3 is 2.91 bits per heavy atom. The molecule has 11 heavy (non-hydrogen) atoms. The van der Waals surface area contributed by atoms with Gasteiger partial charge in [-0.25, -0.2) is 0 Å². The minimum absolute atomic E-state index is 0.0399. The Hall–Kier alpha value is -0.340. The van der Waals surface area contributed by atoms with Crippen LogP contribution < -0.4 is 0 Å². The minimum Gasteiger partial charge on any atom is -0.367 e.